The van der Waals surface area contributed by atoms with Crippen LogP contribution in [0, 0.1) is 0 Å². The van der Waals surface area contributed by atoms with Crippen LogP contribution in [0.25, 0.3) is 0 Å². The Morgan fingerprint density at radius 3 is 2.42 bits per heavy atom. The van der Waals surface area contributed by atoms with Gasteiger partial charge in [0.05, 0.1) is 6.61 Å². The average molecular weight is 346 g/mol. The van der Waals surface area contributed by atoms with Gasteiger partial charge in [0.15, 0.2) is 0 Å². The Kier molecular flexibility index (Phi) is 9.22. The Hall–Kier alpha value is -1.76. The van der Waals surface area contributed by atoms with E-state index in [1.807, 2.05) is 24.3 Å². The van der Waals surface area contributed by atoms with E-state index < -0.39 is 12.6 Å². The van der Waals surface area contributed by atoms with Gasteiger partial charge in [-0.25, -0.2) is 0 Å². The second-order valence-corrected chi connectivity index (χ2v) is 5.58. The maximum absolute atomic E-state index is 12.0. The average Bonchev–Trinajstić information content (AvgIpc) is 2.50. The van der Waals surface area contributed by atoms with Crippen LogP contribution < -0.4 is 15.4 Å². The molecular weight excluding hydrogens is 321 g/mol. The van der Waals surface area contributed by atoms with Crippen molar-refractivity contribution >= 4 is 5.91 Å². The lowest BCUT2D eigenvalue weighted by Gasteiger charge is -2.09. The van der Waals surface area contributed by atoms with Crippen LogP contribution in [0.1, 0.15) is 38.2 Å². The van der Waals surface area contributed by atoms with E-state index >= 15 is 0 Å². The minimum absolute atomic E-state index is 0.0241. The molecule has 1 amide bonds. The molecule has 0 aliphatic rings. The van der Waals surface area contributed by atoms with Crippen LogP contribution >= 0.6 is 0 Å². The first-order valence-corrected chi connectivity index (χ1v) is 8.10. The molecule has 0 fully saturated rings. The van der Waals surface area contributed by atoms with E-state index in [9.17, 15) is 18.0 Å². The van der Waals surface area contributed by atoms with E-state index in [0.29, 0.717) is 25.3 Å². The van der Waals surface area contributed by atoms with Gasteiger partial charge < -0.3 is 15.4 Å². The van der Waals surface area contributed by atoms with Gasteiger partial charge in [-0.2, -0.15) is 13.2 Å². The van der Waals surface area contributed by atoms with Gasteiger partial charge >= 0.3 is 6.18 Å². The number of hydrogen-bond acceptors (Lipinski definition) is 3. The molecule has 4 nitrogen and oxygen atoms in total. The molecule has 0 spiro atoms. The number of benzene rings is 1. The molecule has 0 radical (unpaired) electrons. The molecule has 7 heteroatoms. The molecule has 0 saturated carbocycles. The molecule has 0 heterocycles. The molecule has 0 saturated heterocycles. The summed E-state index contributed by atoms with van der Waals surface area (Å²) >= 11 is 0. The van der Waals surface area contributed by atoms with Crippen molar-refractivity contribution in [1.82, 2.24) is 10.6 Å². The highest BCUT2D eigenvalue weighted by molar-refractivity contribution is 5.72. The maximum Gasteiger partial charge on any atom is 0.389 e. The lowest BCUT2D eigenvalue weighted by atomic mass is 10.2. The molecule has 0 bridgehead atoms. The lowest BCUT2D eigenvalue weighted by Crippen LogP contribution is -2.24. The van der Waals surface area contributed by atoms with Crippen molar-refractivity contribution in [2.45, 2.75) is 45.3 Å². The smallest absolute Gasteiger partial charge is 0.389 e. The van der Waals surface area contributed by atoms with Crippen molar-refractivity contribution in [2.24, 2.45) is 0 Å². The molecule has 1 aromatic carbocycles. The largest absolute Gasteiger partial charge is 0.494 e. The van der Waals surface area contributed by atoms with Crippen LogP contribution in [0.5, 0.6) is 5.75 Å². The predicted octanol–water partition coefficient (Wildman–Crippen LogP) is 3.41. The molecule has 24 heavy (non-hydrogen) atoms. The zero-order valence-corrected chi connectivity index (χ0v) is 13.9. The van der Waals surface area contributed by atoms with E-state index in [2.05, 4.69) is 10.6 Å². The van der Waals surface area contributed by atoms with Crippen LogP contribution in [0.3, 0.4) is 0 Å². The van der Waals surface area contributed by atoms with Crippen molar-refractivity contribution in [3.05, 3.63) is 29.8 Å². The number of ether oxygens (including phenoxy) is 1. The number of halogens is 3. The summed E-state index contributed by atoms with van der Waals surface area (Å²) in [5.74, 6) is 0.639. The van der Waals surface area contributed by atoms with Crippen LogP contribution in [0.2, 0.25) is 0 Å². The van der Waals surface area contributed by atoms with Crippen molar-refractivity contribution in [3.63, 3.8) is 0 Å². The van der Waals surface area contributed by atoms with Gasteiger partial charge in [0.25, 0.3) is 0 Å². The van der Waals surface area contributed by atoms with Gasteiger partial charge in [0, 0.05) is 26.4 Å². The zero-order chi connectivity index (χ0) is 17.8. The molecule has 2 N–H and O–H groups in total. The third-order valence-electron chi connectivity index (χ3n) is 3.28. The van der Waals surface area contributed by atoms with E-state index in [-0.39, 0.29) is 18.9 Å². The van der Waals surface area contributed by atoms with Crippen LogP contribution in [0.15, 0.2) is 24.3 Å². The molecule has 0 aliphatic heterocycles. The van der Waals surface area contributed by atoms with Gasteiger partial charge in [0.1, 0.15) is 5.75 Å². The summed E-state index contributed by atoms with van der Waals surface area (Å²) in [5, 5.41) is 6.00. The summed E-state index contributed by atoms with van der Waals surface area (Å²) < 4.78 is 41.4. The van der Waals surface area contributed by atoms with Crippen LogP contribution in [0.4, 0.5) is 13.2 Å². The van der Waals surface area contributed by atoms with Gasteiger partial charge in [-0.05, 0) is 43.5 Å². The fraction of sp³-hybridized carbons (Fsp3) is 0.588. The molecule has 0 atom stereocenters. The summed E-state index contributed by atoms with van der Waals surface area (Å²) in [6.45, 7) is 3.96. The normalized spacial score (nSPS) is 11.3. The second kappa shape index (κ2) is 10.9. The third kappa shape index (κ3) is 10.9. The monoisotopic (exact) mass is 346 g/mol. The van der Waals surface area contributed by atoms with E-state index in [4.69, 9.17) is 4.74 Å². The van der Waals surface area contributed by atoms with Crippen LogP contribution in [-0.2, 0) is 11.3 Å². The quantitative estimate of drug-likeness (QED) is 0.604. The number of amides is 1. The summed E-state index contributed by atoms with van der Waals surface area (Å²) in [6.07, 6.45) is -3.51. The van der Waals surface area contributed by atoms with E-state index in [1.165, 1.54) is 6.92 Å². The van der Waals surface area contributed by atoms with E-state index in [0.717, 1.165) is 18.5 Å². The fourth-order valence-electron chi connectivity index (χ4n) is 2.03. The minimum atomic E-state index is -4.09. The standard InChI is InChI=1S/C17H25F3N2O2/c1-14(23)22-11-4-10-21-13-15-5-7-16(8-6-15)24-12-3-2-9-17(18,19)20/h5-8,21H,2-4,9-13H2,1H3,(H,22,23). The number of nitrogens with one attached hydrogen (secondary N) is 2. The zero-order valence-electron chi connectivity index (χ0n) is 13.9. The van der Waals surface area contributed by atoms with Crippen molar-refractivity contribution in [2.75, 3.05) is 19.7 Å². The SMILES string of the molecule is CC(=O)NCCCNCc1ccc(OCCCCC(F)(F)F)cc1. The first kappa shape index (κ1) is 20.3. The third-order valence-corrected chi connectivity index (χ3v) is 3.28. The number of alkyl halides is 3. The molecule has 0 aliphatic carbocycles. The highest BCUT2D eigenvalue weighted by Crippen LogP contribution is 2.22. The van der Waals surface area contributed by atoms with Gasteiger partial charge in [-0.15, -0.1) is 0 Å². The van der Waals surface area contributed by atoms with E-state index in [1.54, 1.807) is 0 Å². The molecule has 1 rings (SSSR count). The minimum Gasteiger partial charge on any atom is -0.494 e. The molecule has 1 aromatic rings. The predicted molar refractivity (Wildman–Crippen MR) is 86.9 cm³/mol. The number of carbonyl (C=O) groups is 1. The lowest BCUT2D eigenvalue weighted by molar-refractivity contribution is -0.135. The second-order valence-electron chi connectivity index (χ2n) is 5.58. The Morgan fingerprint density at radius 1 is 1.08 bits per heavy atom. The van der Waals surface area contributed by atoms with Crippen molar-refractivity contribution < 1.29 is 22.7 Å². The summed E-state index contributed by atoms with van der Waals surface area (Å²) in [4.78, 5) is 10.7. The number of rotatable bonds is 11. The number of hydrogen-bond donors (Lipinski definition) is 2. The highest BCUT2D eigenvalue weighted by Gasteiger charge is 2.25. The highest BCUT2D eigenvalue weighted by atomic mass is 19.4. The fourth-order valence-corrected chi connectivity index (χ4v) is 2.03. The summed E-state index contributed by atoms with van der Waals surface area (Å²) in [6, 6.07) is 7.48. The number of carbonyl (C=O) groups excluding carboxylic acids is 1. The Balaban J connectivity index is 2.11. The first-order valence-electron chi connectivity index (χ1n) is 8.10. The van der Waals surface area contributed by atoms with Crippen molar-refractivity contribution in [3.8, 4) is 5.75 Å². The Morgan fingerprint density at radius 2 is 1.79 bits per heavy atom. The van der Waals surface area contributed by atoms with Gasteiger partial charge in [-0.3, -0.25) is 4.79 Å². The molecule has 136 valence electrons. The molecule has 0 unspecified atom stereocenters. The summed E-state index contributed by atoms with van der Waals surface area (Å²) in [7, 11) is 0. The molecular formula is C17H25F3N2O2. The first-order chi connectivity index (χ1) is 11.4. The topological polar surface area (TPSA) is 50.4 Å². The number of unbranched alkanes of at least 4 members (excludes halogenated alkanes) is 1. The Bertz CT molecular complexity index is 476. The summed E-state index contributed by atoms with van der Waals surface area (Å²) in [5.41, 5.74) is 1.10. The van der Waals surface area contributed by atoms with Crippen molar-refractivity contribution in [1.29, 1.82) is 0 Å². The van der Waals surface area contributed by atoms with Gasteiger partial charge in [-0.1, -0.05) is 12.1 Å². The molecule has 0 aromatic heterocycles. The van der Waals surface area contributed by atoms with Crippen LogP contribution in [-0.4, -0.2) is 31.8 Å². The maximum atomic E-state index is 12.0. The van der Waals surface area contributed by atoms with Gasteiger partial charge in [0.2, 0.25) is 5.91 Å². The Labute approximate surface area is 140 Å².